The van der Waals surface area contributed by atoms with Crippen LogP contribution in [0.1, 0.15) is 59.6 Å². The lowest BCUT2D eigenvalue weighted by Crippen LogP contribution is -2.35. The van der Waals surface area contributed by atoms with Gasteiger partial charge in [-0.25, -0.2) is 0 Å². The molecule has 4 rings (SSSR count). The summed E-state index contributed by atoms with van der Waals surface area (Å²) in [7, 11) is 0. The summed E-state index contributed by atoms with van der Waals surface area (Å²) in [4.78, 5) is 15.2. The van der Waals surface area contributed by atoms with E-state index in [4.69, 9.17) is 4.52 Å². The average molecular weight is 339 g/mol. The van der Waals surface area contributed by atoms with Crippen molar-refractivity contribution in [2.24, 2.45) is 5.92 Å². The van der Waals surface area contributed by atoms with Gasteiger partial charge in [-0.2, -0.15) is 0 Å². The number of hydrogen-bond acceptors (Lipinski definition) is 4. The summed E-state index contributed by atoms with van der Waals surface area (Å²) in [6.07, 6.45) is 1.15. The molecule has 2 aromatic rings. The molecule has 0 bridgehead atoms. The molecule has 1 amide bonds. The second-order valence-electron chi connectivity index (χ2n) is 7.38. The zero-order valence-corrected chi connectivity index (χ0v) is 15.0. The molecule has 1 N–H and O–H groups in total. The predicted molar refractivity (Wildman–Crippen MR) is 95.4 cm³/mol. The molecule has 1 aliphatic heterocycles. The summed E-state index contributed by atoms with van der Waals surface area (Å²) in [6.45, 7) is 8.42. The van der Waals surface area contributed by atoms with Crippen molar-refractivity contribution in [3.63, 3.8) is 0 Å². The van der Waals surface area contributed by atoms with Gasteiger partial charge < -0.3 is 9.84 Å². The Balaban J connectivity index is 1.61. The highest BCUT2D eigenvalue weighted by atomic mass is 16.5. The first-order valence-electron chi connectivity index (χ1n) is 9.15. The van der Waals surface area contributed by atoms with Crippen molar-refractivity contribution in [1.29, 1.82) is 0 Å². The second kappa shape index (κ2) is 6.30. The Morgan fingerprint density at radius 3 is 2.80 bits per heavy atom. The van der Waals surface area contributed by atoms with E-state index in [-0.39, 0.29) is 11.9 Å². The van der Waals surface area contributed by atoms with Crippen molar-refractivity contribution < 1.29 is 9.32 Å². The van der Waals surface area contributed by atoms with Gasteiger partial charge in [-0.05, 0) is 31.4 Å². The first kappa shape index (κ1) is 16.3. The number of amides is 1. The number of aromatic nitrogens is 1. The molecule has 0 radical (unpaired) electrons. The highest BCUT2D eigenvalue weighted by Gasteiger charge is 2.47. The number of nitrogens with one attached hydrogen (secondary N) is 1. The van der Waals surface area contributed by atoms with Crippen molar-refractivity contribution >= 4 is 5.91 Å². The molecule has 2 heterocycles. The van der Waals surface area contributed by atoms with Crippen LogP contribution in [0, 0.1) is 12.8 Å². The van der Waals surface area contributed by atoms with E-state index in [1.165, 1.54) is 11.1 Å². The van der Waals surface area contributed by atoms with Crippen LogP contribution in [0.25, 0.3) is 0 Å². The van der Waals surface area contributed by atoms with Crippen molar-refractivity contribution in [3.8, 4) is 0 Å². The smallest absolute Gasteiger partial charge is 0.273 e. The number of carbonyl (C=O) groups excluding carboxylic acids is 1. The molecule has 5 heteroatoms. The van der Waals surface area contributed by atoms with E-state index >= 15 is 0 Å². The van der Waals surface area contributed by atoms with Crippen molar-refractivity contribution in [3.05, 3.63) is 52.9 Å². The van der Waals surface area contributed by atoms with Crippen molar-refractivity contribution in [2.45, 2.75) is 45.2 Å². The molecular weight excluding hydrogens is 314 g/mol. The molecule has 2 aliphatic rings. The summed E-state index contributed by atoms with van der Waals surface area (Å²) in [5.74, 6) is 1.41. The van der Waals surface area contributed by atoms with Crippen molar-refractivity contribution in [2.75, 3.05) is 13.1 Å². The Morgan fingerprint density at radius 2 is 2.12 bits per heavy atom. The van der Waals surface area contributed by atoms with Crippen LogP contribution in [0.3, 0.4) is 0 Å². The molecule has 0 saturated carbocycles. The maximum atomic E-state index is 12.6. The fraction of sp³-hybridized carbons (Fsp3) is 0.500. The highest BCUT2D eigenvalue weighted by molar-refractivity contribution is 5.92. The fourth-order valence-electron chi connectivity index (χ4n) is 4.38. The maximum absolute atomic E-state index is 12.6. The summed E-state index contributed by atoms with van der Waals surface area (Å²) < 4.78 is 5.05. The lowest BCUT2D eigenvalue weighted by Gasteiger charge is -2.26. The molecule has 25 heavy (non-hydrogen) atoms. The lowest BCUT2D eigenvalue weighted by molar-refractivity contribution is 0.0914. The van der Waals surface area contributed by atoms with Gasteiger partial charge in [0.2, 0.25) is 0 Å². The van der Waals surface area contributed by atoms with Crippen LogP contribution in [0.2, 0.25) is 0 Å². The molecule has 5 nitrogen and oxygen atoms in total. The quantitative estimate of drug-likeness (QED) is 0.929. The first-order valence-corrected chi connectivity index (χ1v) is 9.15. The monoisotopic (exact) mass is 339 g/mol. The molecule has 1 aliphatic carbocycles. The van der Waals surface area contributed by atoms with Crippen LogP contribution in [0.5, 0.6) is 0 Å². The first-order chi connectivity index (χ1) is 12.1. The van der Waals surface area contributed by atoms with E-state index in [1.807, 2.05) is 0 Å². The fourth-order valence-corrected chi connectivity index (χ4v) is 4.38. The number of carbonyl (C=O) groups is 1. The molecule has 0 spiro atoms. The topological polar surface area (TPSA) is 58.4 Å². The van der Waals surface area contributed by atoms with Crippen LogP contribution in [0.4, 0.5) is 0 Å². The van der Waals surface area contributed by atoms with Crippen LogP contribution < -0.4 is 5.32 Å². The largest absolute Gasteiger partial charge is 0.361 e. The highest BCUT2D eigenvalue weighted by Crippen LogP contribution is 2.49. The molecular formula is C20H25N3O2. The Bertz CT molecular complexity index is 785. The zero-order valence-electron chi connectivity index (χ0n) is 15.0. The SMILES string of the molecule is CC[C@H](C)N1C[C@@H]2[C@H](NC(=O)c3cc(C)on3)c3ccccc3[C@@H]2C1. The normalized spacial score (nSPS) is 26.3. The van der Waals surface area contributed by atoms with E-state index < -0.39 is 0 Å². The summed E-state index contributed by atoms with van der Waals surface area (Å²) >= 11 is 0. The van der Waals surface area contributed by atoms with Crippen LogP contribution in [-0.4, -0.2) is 35.1 Å². The average Bonchev–Trinajstić information content (AvgIpc) is 3.30. The minimum atomic E-state index is -0.153. The molecule has 0 unspecified atom stereocenters. The summed E-state index contributed by atoms with van der Waals surface area (Å²) in [6, 6.07) is 10.8. The molecule has 1 aromatic heterocycles. The van der Waals surface area contributed by atoms with Gasteiger partial charge in [0.1, 0.15) is 5.76 Å². The van der Waals surface area contributed by atoms with Crippen LogP contribution in [-0.2, 0) is 0 Å². The number of benzene rings is 1. The maximum Gasteiger partial charge on any atom is 0.273 e. The minimum Gasteiger partial charge on any atom is -0.361 e. The third-order valence-corrected chi connectivity index (χ3v) is 5.91. The van der Waals surface area contributed by atoms with Crippen molar-refractivity contribution in [1.82, 2.24) is 15.4 Å². The van der Waals surface area contributed by atoms with E-state index in [1.54, 1.807) is 13.0 Å². The van der Waals surface area contributed by atoms with E-state index in [0.29, 0.717) is 29.3 Å². The Hall–Kier alpha value is -2.14. The van der Waals surface area contributed by atoms with Gasteiger partial charge in [-0.1, -0.05) is 36.3 Å². The summed E-state index contributed by atoms with van der Waals surface area (Å²) in [5.41, 5.74) is 3.00. The van der Waals surface area contributed by atoms with Gasteiger partial charge in [0.15, 0.2) is 5.69 Å². The van der Waals surface area contributed by atoms with Gasteiger partial charge >= 0.3 is 0 Å². The lowest BCUT2D eigenvalue weighted by atomic mass is 9.94. The van der Waals surface area contributed by atoms with Gasteiger partial charge in [0.25, 0.3) is 5.91 Å². The zero-order chi connectivity index (χ0) is 17.6. The van der Waals surface area contributed by atoms with Gasteiger partial charge in [-0.3, -0.25) is 9.69 Å². The number of aryl methyl sites for hydroxylation is 1. The third-order valence-electron chi connectivity index (χ3n) is 5.91. The van der Waals surface area contributed by atoms with Crippen LogP contribution in [0.15, 0.2) is 34.9 Å². The van der Waals surface area contributed by atoms with Gasteiger partial charge in [0, 0.05) is 37.0 Å². The van der Waals surface area contributed by atoms with E-state index in [2.05, 4.69) is 53.5 Å². The Morgan fingerprint density at radius 1 is 1.36 bits per heavy atom. The minimum absolute atomic E-state index is 0.0414. The Labute approximate surface area is 148 Å². The predicted octanol–water partition coefficient (Wildman–Crippen LogP) is 3.28. The molecule has 4 atom stereocenters. The standard InChI is InChI=1S/C20H25N3O2/c1-4-12(2)23-10-16-14-7-5-6-8-15(14)19(17(16)11-23)21-20(24)18-9-13(3)25-22-18/h5-9,12,16-17,19H,4,10-11H2,1-3H3,(H,21,24)/t12-,16-,17-,19+/m0/s1. The van der Waals surface area contributed by atoms with E-state index in [0.717, 1.165) is 19.5 Å². The molecule has 1 fully saturated rings. The summed E-state index contributed by atoms with van der Waals surface area (Å²) in [5, 5.41) is 7.08. The molecule has 1 aromatic carbocycles. The number of rotatable bonds is 4. The van der Waals surface area contributed by atoms with Gasteiger partial charge in [0.05, 0.1) is 6.04 Å². The van der Waals surface area contributed by atoms with E-state index in [9.17, 15) is 4.79 Å². The number of nitrogens with zero attached hydrogens (tertiary/aromatic N) is 2. The Kier molecular flexibility index (Phi) is 4.12. The number of likely N-dealkylation sites (tertiary alicyclic amines) is 1. The number of fused-ring (bicyclic) bond motifs is 3. The van der Waals surface area contributed by atoms with Gasteiger partial charge in [-0.15, -0.1) is 0 Å². The van der Waals surface area contributed by atoms with Crippen LogP contribution >= 0.6 is 0 Å². The molecule has 132 valence electrons. The third kappa shape index (κ3) is 2.76. The number of hydrogen-bond donors (Lipinski definition) is 1. The second-order valence-corrected chi connectivity index (χ2v) is 7.38. The molecule has 1 saturated heterocycles.